The van der Waals surface area contributed by atoms with E-state index in [1.165, 1.54) is 6.20 Å². The number of amides is 1. The largest absolute Gasteiger partial charge is 0.394 e. The number of fused-ring (bicyclic) bond motifs is 1. The second kappa shape index (κ2) is 9.30. The molecular formula is C22H26ClF2N7O2. The number of rotatable bonds is 7. The molecule has 1 fully saturated rings. The number of halogens is 3. The number of primary amides is 1. The minimum absolute atomic E-state index is 0.0633. The number of hydrogen-bond donors (Lipinski definition) is 4. The Morgan fingerprint density at radius 1 is 1.32 bits per heavy atom. The van der Waals surface area contributed by atoms with E-state index < -0.39 is 17.0 Å². The highest BCUT2D eigenvalue weighted by atomic mass is 35.5. The van der Waals surface area contributed by atoms with Gasteiger partial charge in [0.15, 0.2) is 17.3 Å². The SMILES string of the molecule is CC(CO)Nc1ncc2nc(Nc3c(F)cc(Cl)cc3F)n(C3CCC(C)(C(N)=O)CC3)c2n1. The number of carbonyl (C=O) groups excluding carboxylic acids is 1. The summed E-state index contributed by atoms with van der Waals surface area (Å²) in [6.45, 7) is 3.50. The predicted octanol–water partition coefficient (Wildman–Crippen LogP) is 3.90. The molecule has 1 aromatic carbocycles. The Morgan fingerprint density at radius 3 is 2.56 bits per heavy atom. The lowest BCUT2D eigenvalue weighted by Crippen LogP contribution is -2.38. The lowest BCUT2D eigenvalue weighted by Gasteiger charge is -2.35. The van der Waals surface area contributed by atoms with Crippen molar-refractivity contribution in [3.05, 3.63) is 35.0 Å². The molecule has 4 rings (SSSR count). The fourth-order valence-corrected chi connectivity index (χ4v) is 4.37. The molecule has 34 heavy (non-hydrogen) atoms. The third-order valence-corrected chi connectivity index (χ3v) is 6.56. The Labute approximate surface area is 199 Å². The van der Waals surface area contributed by atoms with E-state index in [9.17, 15) is 18.7 Å². The first-order chi connectivity index (χ1) is 16.1. The van der Waals surface area contributed by atoms with Crippen molar-refractivity contribution in [1.82, 2.24) is 19.5 Å². The van der Waals surface area contributed by atoms with Crippen LogP contribution in [0, 0.1) is 17.0 Å². The van der Waals surface area contributed by atoms with Crippen molar-refractivity contribution in [2.75, 3.05) is 17.2 Å². The molecule has 0 bridgehead atoms. The fourth-order valence-electron chi connectivity index (χ4n) is 4.18. The van der Waals surface area contributed by atoms with Crippen LogP contribution in [0.4, 0.5) is 26.4 Å². The minimum Gasteiger partial charge on any atom is -0.394 e. The summed E-state index contributed by atoms with van der Waals surface area (Å²) in [7, 11) is 0. The summed E-state index contributed by atoms with van der Waals surface area (Å²) in [6.07, 6.45) is 3.78. The average Bonchev–Trinajstić information content (AvgIpc) is 3.14. The third-order valence-electron chi connectivity index (χ3n) is 6.34. The summed E-state index contributed by atoms with van der Waals surface area (Å²) in [5.74, 6) is -1.61. The van der Waals surface area contributed by atoms with Gasteiger partial charge in [-0.25, -0.2) is 18.7 Å². The van der Waals surface area contributed by atoms with Gasteiger partial charge in [-0.2, -0.15) is 4.98 Å². The van der Waals surface area contributed by atoms with E-state index in [2.05, 4.69) is 25.6 Å². The number of anilines is 3. The third kappa shape index (κ3) is 4.62. The van der Waals surface area contributed by atoms with E-state index in [1.54, 1.807) is 11.5 Å². The predicted molar refractivity (Wildman–Crippen MR) is 125 cm³/mol. The summed E-state index contributed by atoms with van der Waals surface area (Å²) < 4.78 is 30.8. The topological polar surface area (TPSA) is 131 Å². The molecule has 0 spiro atoms. The van der Waals surface area contributed by atoms with Crippen molar-refractivity contribution in [3.8, 4) is 0 Å². The number of aliphatic hydroxyl groups is 1. The standard InChI is InChI=1S/C22H26ClF2N7O2/c1-11(10-33)28-20-27-9-16-18(31-20)32(13-3-5-22(2,6-4-13)19(26)34)21(29-16)30-17-14(24)7-12(23)8-15(17)25/h7-9,11,13,33H,3-6,10H2,1-2H3,(H2,26,34)(H,29,30)(H,27,28,31). The van der Waals surface area contributed by atoms with Crippen molar-refractivity contribution < 1.29 is 18.7 Å². The number of aliphatic hydroxyl groups excluding tert-OH is 1. The molecule has 2 aromatic heterocycles. The van der Waals surface area contributed by atoms with Crippen LogP contribution in [0.2, 0.25) is 5.02 Å². The number of imidazole rings is 1. The van der Waals surface area contributed by atoms with E-state index in [1.807, 2.05) is 6.92 Å². The molecule has 0 saturated heterocycles. The Bertz CT molecular complexity index is 1200. The number of hydrogen-bond acceptors (Lipinski definition) is 7. The number of nitrogens with two attached hydrogens (primary N) is 1. The Kier molecular flexibility index (Phi) is 6.59. The van der Waals surface area contributed by atoms with Gasteiger partial charge in [-0.05, 0) is 44.7 Å². The van der Waals surface area contributed by atoms with Crippen molar-refractivity contribution in [3.63, 3.8) is 0 Å². The summed E-state index contributed by atoms with van der Waals surface area (Å²) >= 11 is 5.76. The molecule has 1 aliphatic rings. The van der Waals surface area contributed by atoms with E-state index in [4.69, 9.17) is 17.3 Å². The normalized spacial score (nSPS) is 21.4. The van der Waals surface area contributed by atoms with E-state index in [0.29, 0.717) is 36.8 Å². The Morgan fingerprint density at radius 2 is 1.97 bits per heavy atom. The monoisotopic (exact) mass is 493 g/mol. The van der Waals surface area contributed by atoms with Crippen LogP contribution in [0.25, 0.3) is 11.2 Å². The van der Waals surface area contributed by atoms with Gasteiger partial charge in [-0.15, -0.1) is 0 Å². The van der Waals surface area contributed by atoms with Crippen LogP contribution in [0.3, 0.4) is 0 Å². The van der Waals surface area contributed by atoms with Crippen LogP contribution in [0.5, 0.6) is 0 Å². The molecule has 12 heteroatoms. The fraction of sp³-hybridized carbons (Fsp3) is 0.455. The average molecular weight is 494 g/mol. The van der Waals surface area contributed by atoms with E-state index >= 15 is 0 Å². The molecule has 1 aliphatic carbocycles. The van der Waals surface area contributed by atoms with Crippen LogP contribution >= 0.6 is 11.6 Å². The molecule has 1 atom stereocenters. The van der Waals surface area contributed by atoms with Gasteiger partial charge in [-0.1, -0.05) is 18.5 Å². The summed E-state index contributed by atoms with van der Waals surface area (Å²) in [5, 5.41) is 15.0. The quantitative estimate of drug-likeness (QED) is 0.392. The molecule has 1 saturated carbocycles. The Balaban J connectivity index is 1.78. The van der Waals surface area contributed by atoms with Crippen LogP contribution in [0.15, 0.2) is 18.3 Å². The van der Waals surface area contributed by atoms with Gasteiger partial charge in [0.2, 0.25) is 17.8 Å². The molecular weight excluding hydrogens is 468 g/mol. The molecule has 1 amide bonds. The molecule has 182 valence electrons. The number of carbonyl (C=O) groups is 1. The zero-order valence-electron chi connectivity index (χ0n) is 18.8. The molecule has 5 N–H and O–H groups in total. The number of benzene rings is 1. The Hall–Kier alpha value is -3.05. The summed E-state index contributed by atoms with van der Waals surface area (Å²) in [6, 6.07) is 1.58. The van der Waals surface area contributed by atoms with Gasteiger partial charge < -0.3 is 21.5 Å². The van der Waals surface area contributed by atoms with Crippen LogP contribution in [-0.2, 0) is 4.79 Å². The molecule has 9 nitrogen and oxygen atoms in total. The zero-order valence-corrected chi connectivity index (χ0v) is 19.5. The summed E-state index contributed by atoms with van der Waals surface area (Å²) in [5.41, 5.74) is 5.46. The second-order valence-electron chi connectivity index (χ2n) is 8.96. The summed E-state index contributed by atoms with van der Waals surface area (Å²) in [4.78, 5) is 25.2. The molecule has 1 unspecified atom stereocenters. The van der Waals surface area contributed by atoms with Gasteiger partial charge in [0.25, 0.3) is 0 Å². The van der Waals surface area contributed by atoms with Crippen LogP contribution in [-0.4, -0.2) is 43.2 Å². The van der Waals surface area contributed by atoms with Gasteiger partial charge >= 0.3 is 0 Å². The minimum atomic E-state index is -0.862. The highest BCUT2D eigenvalue weighted by Gasteiger charge is 2.37. The lowest BCUT2D eigenvalue weighted by atomic mass is 9.73. The van der Waals surface area contributed by atoms with Gasteiger partial charge in [-0.3, -0.25) is 9.36 Å². The maximum Gasteiger partial charge on any atom is 0.225 e. The van der Waals surface area contributed by atoms with E-state index in [-0.39, 0.29) is 47.2 Å². The zero-order chi connectivity index (χ0) is 24.6. The van der Waals surface area contributed by atoms with Crippen LogP contribution < -0.4 is 16.4 Å². The molecule has 0 radical (unpaired) electrons. The van der Waals surface area contributed by atoms with Gasteiger partial charge in [0, 0.05) is 22.5 Å². The smallest absolute Gasteiger partial charge is 0.225 e. The number of aromatic nitrogens is 4. The highest BCUT2D eigenvalue weighted by Crippen LogP contribution is 2.43. The number of nitrogens with zero attached hydrogens (tertiary/aromatic N) is 4. The molecule has 0 aliphatic heterocycles. The van der Waals surface area contributed by atoms with E-state index in [0.717, 1.165) is 12.1 Å². The van der Waals surface area contributed by atoms with Crippen molar-refractivity contribution in [1.29, 1.82) is 0 Å². The first-order valence-electron chi connectivity index (χ1n) is 10.9. The van der Waals surface area contributed by atoms with Crippen LogP contribution in [0.1, 0.15) is 45.6 Å². The lowest BCUT2D eigenvalue weighted by molar-refractivity contribution is -0.128. The van der Waals surface area contributed by atoms with Crippen molar-refractivity contribution in [2.24, 2.45) is 11.1 Å². The second-order valence-corrected chi connectivity index (χ2v) is 9.40. The highest BCUT2D eigenvalue weighted by molar-refractivity contribution is 6.30. The van der Waals surface area contributed by atoms with Gasteiger partial charge in [0.1, 0.15) is 11.2 Å². The number of nitrogens with one attached hydrogen (secondary N) is 2. The van der Waals surface area contributed by atoms with Crippen molar-refractivity contribution in [2.45, 2.75) is 51.6 Å². The maximum absolute atomic E-state index is 14.5. The molecule has 2 heterocycles. The van der Waals surface area contributed by atoms with Crippen molar-refractivity contribution >= 4 is 46.3 Å². The molecule has 3 aromatic rings. The maximum atomic E-state index is 14.5. The van der Waals surface area contributed by atoms with Gasteiger partial charge in [0.05, 0.1) is 12.8 Å². The first kappa shape index (κ1) is 24.1. The first-order valence-corrected chi connectivity index (χ1v) is 11.3.